The van der Waals surface area contributed by atoms with Gasteiger partial charge >= 0.3 is 0 Å². The maximum Gasteiger partial charge on any atom is 0.160 e. The number of rotatable bonds is 4. The third kappa shape index (κ3) is 4.62. The molecule has 0 aliphatic rings. The van der Waals surface area contributed by atoms with Crippen LogP contribution in [0.4, 0.5) is 0 Å². The van der Waals surface area contributed by atoms with E-state index in [4.69, 9.17) is 9.97 Å². The van der Waals surface area contributed by atoms with E-state index in [1.807, 2.05) is 35.6 Å². The van der Waals surface area contributed by atoms with Gasteiger partial charge in [0.1, 0.15) is 0 Å². The summed E-state index contributed by atoms with van der Waals surface area (Å²) in [6, 6.07) is 60.9. The Labute approximate surface area is 287 Å². The third-order valence-electron chi connectivity index (χ3n) is 9.67. The van der Waals surface area contributed by atoms with Crippen molar-refractivity contribution in [3.05, 3.63) is 170 Å². The number of nitrogens with zero attached hydrogens (tertiary/aromatic N) is 2. The number of fused-ring (bicyclic) bond motifs is 9. The molecule has 0 saturated carbocycles. The van der Waals surface area contributed by atoms with Crippen molar-refractivity contribution in [2.24, 2.45) is 0 Å². The van der Waals surface area contributed by atoms with Crippen molar-refractivity contribution < 1.29 is 0 Å². The van der Waals surface area contributed by atoms with E-state index >= 15 is 0 Å². The molecule has 10 aromatic rings. The van der Waals surface area contributed by atoms with Crippen molar-refractivity contribution in [1.29, 1.82) is 0 Å². The van der Waals surface area contributed by atoms with Crippen LogP contribution in [0.5, 0.6) is 0 Å². The van der Waals surface area contributed by atoms with Crippen LogP contribution in [-0.4, -0.2) is 9.97 Å². The first-order valence-corrected chi connectivity index (χ1v) is 17.4. The summed E-state index contributed by atoms with van der Waals surface area (Å²) >= 11 is 1.86. The molecule has 0 aliphatic heterocycles. The SMILES string of the molecule is c1ccc(-c2cc(-c3cccc4c5ccccc5c5ccc(-c6ccc7sc8ccccc8c7c6)cc5c34)nc(-c3ccccc3)n2)cc1. The van der Waals surface area contributed by atoms with Gasteiger partial charge in [-0.3, -0.25) is 0 Å². The fourth-order valence-corrected chi connectivity index (χ4v) is 8.45. The smallest absolute Gasteiger partial charge is 0.160 e. The molecular formula is C46H28N2S. The van der Waals surface area contributed by atoms with Crippen LogP contribution in [0, 0.1) is 0 Å². The number of benzene rings is 8. The quantitative estimate of drug-likeness (QED) is 0.179. The second-order valence-electron chi connectivity index (χ2n) is 12.5. The highest BCUT2D eigenvalue weighted by Gasteiger charge is 2.17. The van der Waals surface area contributed by atoms with E-state index in [0.717, 1.165) is 33.9 Å². The van der Waals surface area contributed by atoms with Gasteiger partial charge < -0.3 is 0 Å². The predicted octanol–water partition coefficient (Wildman–Crippen LogP) is 13.0. The Morgan fingerprint density at radius 3 is 1.69 bits per heavy atom. The average Bonchev–Trinajstić information content (AvgIpc) is 3.56. The van der Waals surface area contributed by atoms with Gasteiger partial charge in [0.05, 0.1) is 11.4 Å². The Morgan fingerprint density at radius 1 is 0.327 bits per heavy atom. The van der Waals surface area contributed by atoms with Gasteiger partial charge in [-0.15, -0.1) is 11.3 Å². The van der Waals surface area contributed by atoms with Gasteiger partial charge in [-0.25, -0.2) is 9.97 Å². The molecule has 0 amide bonds. The van der Waals surface area contributed by atoms with Crippen LogP contribution in [0.2, 0.25) is 0 Å². The summed E-state index contributed by atoms with van der Waals surface area (Å²) in [5, 5.41) is 10.0. The Balaban J connectivity index is 1.27. The van der Waals surface area contributed by atoms with E-state index < -0.39 is 0 Å². The van der Waals surface area contributed by atoms with Crippen LogP contribution in [0.15, 0.2) is 170 Å². The molecule has 2 aromatic heterocycles. The Hall–Kier alpha value is -6.16. The molecule has 10 rings (SSSR count). The van der Waals surface area contributed by atoms with Crippen LogP contribution in [0.3, 0.4) is 0 Å². The van der Waals surface area contributed by atoms with Crippen LogP contribution in [-0.2, 0) is 0 Å². The van der Waals surface area contributed by atoms with Crippen molar-refractivity contribution in [3.8, 4) is 45.0 Å². The monoisotopic (exact) mass is 640 g/mol. The molecule has 0 bridgehead atoms. The molecule has 0 fully saturated rings. The number of aromatic nitrogens is 2. The molecular weight excluding hydrogens is 613 g/mol. The first kappa shape index (κ1) is 27.9. The lowest BCUT2D eigenvalue weighted by molar-refractivity contribution is 1.19. The topological polar surface area (TPSA) is 25.8 Å². The molecule has 8 aromatic carbocycles. The van der Waals surface area contributed by atoms with Gasteiger partial charge in [0, 0.05) is 36.9 Å². The van der Waals surface area contributed by atoms with Crippen molar-refractivity contribution in [3.63, 3.8) is 0 Å². The largest absolute Gasteiger partial charge is 0.228 e. The van der Waals surface area contributed by atoms with E-state index in [0.29, 0.717) is 0 Å². The normalized spacial score (nSPS) is 11.7. The minimum absolute atomic E-state index is 0.719. The summed E-state index contributed by atoms with van der Waals surface area (Å²) in [6.07, 6.45) is 0. The van der Waals surface area contributed by atoms with Gasteiger partial charge in [0.25, 0.3) is 0 Å². The number of hydrogen-bond acceptors (Lipinski definition) is 3. The summed E-state index contributed by atoms with van der Waals surface area (Å²) in [6.45, 7) is 0. The minimum Gasteiger partial charge on any atom is -0.228 e. The summed E-state index contributed by atoms with van der Waals surface area (Å²) in [5.74, 6) is 0.719. The van der Waals surface area contributed by atoms with Crippen LogP contribution < -0.4 is 0 Å². The summed E-state index contributed by atoms with van der Waals surface area (Å²) in [5.41, 5.74) is 7.40. The maximum absolute atomic E-state index is 5.26. The van der Waals surface area contributed by atoms with E-state index in [1.165, 1.54) is 63.6 Å². The molecule has 2 nitrogen and oxygen atoms in total. The highest BCUT2D eigenvalue weighted by Crippen LogP contribution is 2.43. The zero-order valence-corrected chi connectivity index (χ0v) is 27.3. The van der Waals surface area contributed by atoms with Gasteiger partial charge in [-0.05, 0) is 73.8 Å². The van der Waals surface area contributed by atoms with Crippen LogP contribution in [0.25, 0.3) is 97.5 Å². The highest BCUT2D eigenvalue weighted by atomic mass is 32.1. The maximum atomic E-state index is 5.26. The highest BCUT2D eigenvalue weighted by molar-refractivity contribution is 7.25. The Morgan fingerprint density at radius 2 is 0.898 bits per heavy atom. The van der Waals surface area contributed by atoms with Gasteiger partial charge in [-0.2, -0.15) is 0 Å². The first-order valence-electron chi connectivity index (χ1n) is 16.6. The van der Waals surface area contributed by atoms with Crippen molar-refractivity contribution >= 4 is 63.8 Å². The van der Waals surface area contributed by atoms with Crippen LogP contribution >= 0.6 is 11.3 Å². The molecule has 0 aliphatic carbocycles. The molecule has 0 spiro atoms. The van der Waals surface area contributed by atoms with E-state index in [9.17, 15) is 0 Å². The number of thiophene rings is 1. The Kier molecular flexibility index (Phi) is 6.39. The minimum atomic E-state index is 0.719. The standard InChI is InChI=1S/C46H28N2S/c1-3-12-29(13-4-1)41-28-42(48-46(47-41)30-14-5-2-6-15-30)38-20-11-19-37-34-17-8-7-16-33(34)35-24-22-31(27-40(35)45(37)38)32-23-25-44-39(26-32)36-18-9-10-21-43(36)49-44/h1-28H. The lowest BCUT2D eigenvalue weighted by atomic mass is 9.89. The molecule has 0 unspecified atom stereocenters. The molecule has 2 heterocycles. The van der Waals surface area contributed by atoms with Crippen molar-refractivity contribution in [1.82, 2.24) is 9.97 Å². The molecule has 49 heavy (non-hydrogen) atoms. The summed E-state index contributed by atoms with van der Waals surface area (Å²) < 4.78 is 2.64. The first-order chi connectivity index (χ1) is 24.3. The van der Waals surface area contributed by atoms with Crippen LogP contribution in [0.1, 0.15) is 0 Å². The lowest BCUT2D eigenvalue weighted by Gasteiger charge is -2.16. The van der Waals surface area contributed by atoms with Crippen molar-refractivity contribution in [2.75, 3.05) is 0 Å². The molecule has 0 atom stereocenters. The predicted molar refractivity (Wildman–Crippen MR) is 209 cm³/mol. The van der Waals surface area contributed by atoms with Gasteiger partial charge in [0.2, 0.25) is 0 Å². The van der Waals surface area contributed by atoms with E-state index in [1.54, 1.807) is 0 Å². The Bertz CT molecular complexity index is 2810. The zero-order chi connectivity index (χ0) is 32.3. The molecule has 0 saturated heterocycles. The molecule has 228 valence electrons. The van der Waals surface area contributed by atoms with E-state index in [2.05, 4.69) is 146 Å². The second kappa shape index (κ2) is 11.2. The fourth-order valence-electron chi connectivity index (χ4n) is 7.36. The third-order valence-corrected chi connectivity index (χ3v) is 10.8. The van der Waals surface area contributed by atoms with Crippen molar-refractivity contribution in [2.45, 2.75) is 0 Å². The molecule has 0 radical (unpaired) electrons. The molecule has 0 N–H and O–H groups in total. The van der Waals surface area contributed by atoms with Gasteiger partial charge in [-0.1, -0.05) is 140 Å². The van der Waals surface area contributed by atoms with E-state index in [-0.39, 0.29) is 0 Å². The lowest BCUT2D eigenvalue weighted by Crippen LogP contribution is -1.97. The summed E-state index contributed by atoms with van der Waals surface area (Å²) in [7, 11) is 0. The second-order valence-corrected chi connectivity index (χ2v) is 13.6. The number of hydrogen-bond donors (Lipinski definition) is 0. The molecule has 3 heteroatoms. The summed E-state index contributed by atoms with van der Waals surface area (Å²) in [4.78, 5) is 10.3. The zero-order valence-electron chi connectivity index (χ0n) is 26.5. The van der Waals surface area contributed by atoms with Gasteiger partial charge in [0.15, 0.2) is 5.82 Å². The fraction of sp³-hybridized carbons (Fsp3) is 0. The average molecular weight is 641 g/mol.